The number of ether oxygens (including phenoxy) is 1. The molecule has 1 aromatic carbocycles. The lowest BCUT2D eigenvalue weighted by molar-refractivity contribution is -0.132. The monoisotopic (exact) mass is 234 g/mol. The van der Waals surface area contributed by atoms with E-state index in [9.17, 15) is 4.79 Å². The molecule has 1 aliphatic heterocycles. The number of nitrogens with two attached hydrogens (primary N) is 1. The zero-order chi connectivity index (χ0) is 12.4. The summed E-state index contributed by atoms with van der Waals surface area (Å²) in [4.78, 5) is 13.4. The van der Waals surface area contributed by atoms with E-state index in [0.29, 0.717) is 0 Å². The van der Waals surface area contributed by atoms with Gasteiger partial charge in [-0.2, -0.15) is 0 Å². The molecule has 1 aliphatic rings. The third kappa shape index (κ3) is 2.58. The van der Waals surface area contributed by atoms with Gasteiger partial charge in [-0.05, 0) is 24.6 Å². The van der Waals surface area contributed by atoms with Gasteiger partial charge in [0.05, 0.1) is 0 Å². The minimum absolute atomic E-state index is 0.0169. The molecule has 2 atom stereocenters. The van der Waals surface area contributed by atoms with Crippen molar-refractivity contribution < 1.29 is 9.53 Å². The van der Waals surface area contributed by atoms with Crippen LogP contribution in [0.5, 0.6) is 5.75 Å². The van der Waals surface area contributed by atoms with Crippen LogP contribution in [0.1, 0.15) is 24.9 Å². The number of rotatable bonds is 3. The molecule has 0 bridgehead atoms. The third-order valence-electron chi connectivity index (χ3n) is 3.06. The molecule has 4 heteroatoms. The molecule has 0 aromatic heterocycles. The first kappa shape index (κ1) is 11.9. The van der Waals surface area contributed by atoms with Crippen molar-refractivity contribution in [2.75, 3.05) is 13.6 Å². The van der Waals surface area contributed by atoms with Gasteiger partial charge in [0.25, 0.3) is 5.91 Å². The number of likely N-dealkylation sites (N-methyl/N-ethyl adjacent to an activating group) is 1. The lowest BCUT2D eigenvalue weighted by Gasteiger charge is -2.13. The molecule has 2 rings (SSSR count). The maximum absolute atomic E-state index is 11.7. The van der Waals surface area contributed by atoms with E-state index in [-0.39, 0.29) is 18.1 Å². The molecule has 0 spiro atoms. The van der Waals surface area contributed by atoms with Crippen LogP contribution >= 0.6 is 0 Å². The van der Waals surface area contributed by atoms with Crippen molar-refractivity contribution in [3.63, 3.8) is 0 Å². The summed E-state index contributed by atoms with van der Waals surface area (Å²) in [5, 5.41) is 0. The van der Waals surface area contributed by atoms with E-state index in [4.69, 9.17) is 10.5 Å². The quantitative estimate of drug-likeness (QED) is 0.858. The molecule has 0 radical (unpaired) electrons. The minimum atomic E-state index is -0.332. The Kier molecular flexibility index (Phi) is 3.33. The number of hydrogen-bond acceptors (Lipinski definition) is 3. The summed E-state index contributed by atoms with van der Waals surface area (Å²) < 4.78 is 5.66. The molecule has 1 saturated heterocycles. The summed E-state index contributed by atoms with van der Waals surface area (Å²) in [6.45, 7) is 2.70. The van der Waals surface area contributed by atoms with Crippen molar-refractivity contribution >= 4 is 5.91 Å². The van der Waals surface area contributed by atoms with Gasteiger partial charge >= 0.3 is 0 Å². The molecule has 1 fully saturated rings. The van der Waals surface area contributed by atoms with E-state index < -0.39 is 0 Å². The van der Waals surface area contributed by atoms with E-state index in [1.165, 1.54) is 0 Å². The molecule has 2 unspecified atom stereocenters. The van der Waals surface area contributed by atoms with Gasteiger partial charge in [0.15, 0.2) is 6.10 Å². The first-order valence-electron chi connectivity index (χ1n) is 5.85. The van der Waals surface area contributed by atoms with Crippen LogP contribution in [0.4, 0.5) is 0 Å². The molecule has 1 aromatic rings. The molecule has 17 heavy (non-hydrogen) atoms. The number of amides is 1. The Morgan fingerprint density at radius 2 is 2.06 bits per heavy atom. The van der Waals surface area contributed by atoms with E-state index in [2.05, 4.69) is 0 Å². The first-order valence-corrected chi connectivity index (χ1v) is 5.85. The highest BCUT2D eigenvalue weighted by Gasteiger charge is 2.30. The predicted molar refractivity (Wildman–Crippen MR) is 65.7 cm³/mol. The molecular formula is C13H18N2O2. The second-order valence-corrected chi connectivity index (χ2v) is 4.51. The average molecular weight is 234 g/mol. The van der Waals surface area contributed by atoms with Crippen LogP contribution in [0.2, 0.25) is 0 Å². The number of likely N-dealkylation sites (tertiary alicyclic amines) is 1. The Morgan fingerprint density at radius 3 is 2.53 bits per heavy atom. The van der Waals surface area contributed by atoms with Crippen molar-refractivity contribution in [3.05, 3.63) is 29.8 Å². The molecule has 2 N–H and O–H groups in total. The van der Waals surface area contributed by atoms with Crippen molar-refractivity contribution in [2.45, 2.75) is 25.5 Å². The summed E-state index contributed by atoms with van der Waals surface area (Å²) in [6.07, 6.45) is 0.422. The zero-order valence-corrected chi connectivity index (χ0v) is 10.2. The van der Waals surface area contributed by atoms with E-state index in [1.54, 1.807) is 11.9 Å². The summed E-state index contributed by atoms with van der Waals surface area (Å²) in [6, 6.07) is 7.62. The molecule has 1 amide bonds. The highest BCUT2D eigenvalue weighted by Crippen LogP contribution is 2.20. The Labute approximate surface area is 101 Å². The average Bonchev–Trinajstić information content (AvgIpc) is 2.62. The van der Waals surface area contributed by atoms with Crippen LogP contribution in [0.3, 0.4) is 0 Å². The maximum Gasteiger partial charge on any atom is 0.263 e. The minimum Gasteiger partial charge on any atom is -0.481 e. The number of carbonyl (C=O) groups excluding carboxylic acids is 1. The number of carbonyl (C=O) groups is 1. The summed E-state index contributed by atoms with van der Waals surface area (Å²) >= 11 is 0. The van der Waals surface area contributed by atoms with E-state index in [0.717, 1.165) is 24.3 Å². The highest BCUT2D eigenvalue weighted by molar-refractivity contribution is 5.83. The van der Waals surface area contributed by atoms with Gasteiger partial charge in [-0.3, -0.25) is 4.79 Å². The number of hydrogen-bond donors (Lipinski definition) is 1. The molecule has 0 aliphatic carbocycles. The molecule has 0 saturated carbocycles. The highest BCUT2D eigenvalue weighted by atomic mass is 16.5. The van der Waals surface area contributed by atoms with Crippen LogP contribution in [0, 0.1) is 0 Å². The maximum atomic E-state index is 11.7. The van der Waals surface area contributed by atoms with Gasteiger partial charge in [0.1, 0.15) is 5.75 Å². The van der Waals surface area contributed by atoms with Gasteiger partial charge in [0.2, 0.25) is 0 Å². The van der Waals surface area contributed by atoms with Crippen molar-refractivity contribution in [1.82, 2.24) is 4.90 Å². The van der Waals surface area contributed by atoms with Gasteiger partial charge < -0.3 is 15.4 Å². The fourth-order valence-electron chi connectivity index (χ4n) is 1.91. The SMILES string of the molecule is CC(N)c1ccc(OC2CCN(C)C2=O)cc1. The fourth-order valence-corrected chi connectivity index (χ4v) is 1.91. The van der Waals surface area contributed by atoms with Gasteiger partial charge in [0, 0.05) is 26.1 Å². The number of nitrogens with zero attached hydrogens (tertiary/aromatic N) is 1. The van der Waals surface area contributed by atoms with Gasteiger partial charge in [-0.1, -0.05) is 12.1 Å². The smallest absolute Gasteiger partial charge is 0.263 e. The van der Waals surface area contributed by atoms with Crippen LogP contribution in [0.25, 0.3) is 0 Å². The molecule has 92 valence electrons. The summed E-state index contributed by atoms with van der Waals surface area (Å²) in [5.41, 5.74) is 6.83. The van der Waals surface area contributed by atoms with Crippen LogP contribution in [-0.4, -0.2) is 30.5 Å². The standard InChI is InChI=1S/C13H18N2O2/c1-9(14)10-3-5-11(6-4-10)17-12-7-8-15(2)13(12)16/h3-6,9,12H,7-8,14H2,1-2H3. The Balaban J connectivity index is 2.02. The predicted octanol–water partition coefficient (Wildman–Crippen LogP) is 1.32. The summed E-state index contributed by atoms with van der Waals surface area (Å²) in [5.74, 6) is 0.782. The van der Waals surface area contributed by atoms with Crippen molar-refractivity contribution in [1.29, 1.82) is 0 Å². The second-order valence-electron chi connectivity index (χ2n) is 4.51. The lowest BCUT2D eigenvalue weighted by Crippen LogP contribution is -2.29. The Hall–Kier alpha value is -1.55. The first-order chi connectivity index (χ1) is 8.08. The Bertz CT molecular complexity index is 400. The van der Waals surface area contributed by atoms with Crippen molar-refractivity contribution in [2.24, 2.45) is 5.73 Å². The number of benzene rings is 1. The fraction of sp³-hybridized carbons (Fsp3) is 0.462. The summed E-state index contributed by atoms with van der Waals surface area (Å²) in [7, 11) is 1.80. The molecule has 1 heterocycles. The largest absolute Gasteiger partial charge is 0.481 e. The van der Waals surface area contributed by atoms with Gasteiger partial charge in [-0.25, -0.2) is 0 Å². The Morgan fingerprint density at radius 1 is 1.41 bits per heavy atom. The normalized spacial score (nSPS) is 21.7. The van der Waals surface area contributed by atoms with E-state index in [1.807, 2.05) is 31.2 Å². The second kappa shape index (κ2) is 4.75. The van der Waals surface area contributed by atoms with Gasteiger partial charge in [-0.15, -0.1) is 0 Å². The topological polar surface area (TPSA) is 55.6 Å². The van der Waals surface area contributed by atoms with Crippen LogP contribution in [-0.2, 0) is 4.79 Å². The lowest BCUT2D eigenvalue weighted by atomic mass is 10.1. The zero-order valence-electron chi connectivity index (χ0n) is 10.2. The van der Waals surface area contributed by atoms with Crippen molar-refractivity contribution in [3.8, 4) is 5.75 Å². The van der Waals surface area contributed by atoms with Crippen LogP contribution < -0.4 is 10.5 Å². The van der Waals surface area contributed by atoms with Crippen LogP contribution in [0.15, 0.2) is 24.3 Å². The third-order valence-corrected chi connectivity index (χ3v) is 3.06. The molecular weight excluding hydrogens is 216 g/mol. The van der Waals surface area contributed by atoms with E-state index >= 15 is 0 Å². The molecule has 4 nitrogen and oxygen atoms in total.